The molecule has 0 bridgehead atoms. The van der Waals surface area contributed by atoms with Crippen molar-refractivity contribution in [3.8, 4) is 5.69 Å². The van der Waals surface area contributed by atoms with Gasteiger partial charge in [0, 0.05) is 41.5 Å². The summed E-state index contributed by atoms with van der Waals surface area (Å²) >= 11 is 0. The number of fused-ring (bicyclic) bond motifs is 10. The molecular formula is C35H34F6N4. The predicted molar refractivity (Wildman–Crippen MR) is 160 cm³/mol. The number of nitrogens with zero attached hydrogens (tertiary/aromatic N) is 3. The van der Waals surface area contributed by atoms with Gasteiger partial charge in [-0.15, -0.1) is 0 Å². The first-order chi connectivity index (χ1) is 20.9. The van der Waals surface area contributed by atoms with E-state index in [-0.39, 0.29) is 23.6 Å². The van der Waals surface area contributed by atoms with Crippen LogP contribution in [0.4, 0.5) is 26.3 Å². The topological polar surface area (TPSA) is 36.9 Å². The van der Waals surface area contributed by atoms with Crippen LogP contribution in [0.1, 0.15) is 97.6 Å². The molecule has 2 aromatic heterocycles. The smallest absolute Gasteiger partial charge is 0.364 e. The van der Waals surface area contributed by atoms with E-state index in [2.05, 4.69) is 67.7 Å². The van der Waals surface area contributed by atoms with Gasteiger partial charge in [0.25, 0.3) is 0 Å². The zero-order valence-corrected chi connectivity index (χ0v) is 25.9. The number of aromatic nitrogens is 3. The maximum absolute atomic E-state index is 14.1. The third-order valence-corrected chi connectivity index (χ3v) is 10.3. The molecule has 0 saturated heterocycles. The van der Waals surface area contributed by atoms with Crippen LogP contribution in [0, 0.1) is 0 Å². The quantitative estimate of drug-likeness (QED) is 0.231. The van der Waals surface area contributed by atoms with Crippen molar-refractivity contribution in [3.63, 3.8) is 0 Å². The van der Waals surface area contributed by atoms with Crippen molar-refractivity contribution in [1.82, 2.24) is 19.7 Å². The molecule has 4 nitrogen and oxygen atoms in total. The highest BCUT2D eigenvalue weighted by Gasteiger charge is 2.54. The Balaban J connectivity index is 1.41. The molecule has 1 aliphatic carbocycles. The molecule has 1 N–H and O–H groups in total. The molecule has 3 aliphatic rings. The lowest BCUT2D eigenvalue weighted by molar-refractivity contribution is -0.143. The van der Waals surface area contributed by atoms with Crippen LogP contribution in [0.3, 0.4) is 0 Å². The molecule has 0 fully saturated rings. The molecule has 1 unspecified atom stereocenters. The molecular weight excluding hydrogens is 590 g/mol. The normalized spacial score (nSPS) is 21.5. The van der Waals surface area contributed by atoms with Crippen LogP contribution >= 0.6 is 0 Å². The molecule has 2 aromatic carbocycles. The van der Waals surface area contributed by atoms with Crippen LogP contribution in [0.15, 0.2) is 54.7 Å². The fourth-order valence-electron chi connectivity index (χ4n) is 7.91. The first-order valence-corrected chi connectivity index (χ1v) is 15.1. The van der Waals surface area contributed by atoms with Gasteiger partial charge in [-0.3, -0.25) is 4.90 Å². The van der Waals surface area contributed by atoms with E-state index < -0.39 is 34.4 Å². The Morgan fingerprint density at radius 1 is 0.911 bits per heavy atom. The SMILES string of the molecule is CCc1cccc2c1-n1nc3c(c1C1(C)C2=CC(C)(C)c2[nH]ccc21)CN(Cc1ccc(C(F)(F)F)cc1C(F)(F)F)C3(C)C. The fourth-order valence-corrected chi connectivity index (χ4v) is 7.91. The fraction of sp³-hybridized carbons (Fsp3) is 0.400. The third-order valence-electron chi connectivity index (χ3n) is 10.3. The van der Waals surface area contributed by atoms with E-state index >= 15 is 0 Å². The number of aryl methyl sites for hydroxylation is 1. The Kier molecular flexibility index (Phi) is 6.08. The molecule has 236 valence electrons. The number of nitrogens with one attached hydrogen (secondary N) is 1. The maximum Gasteiger partial charge on any atom is 0.416 e. The van der Waals surface area contributed by atoms with Gasteiger partial charge in [-0.1, -0.05) is 51.1 Å². The zero-order chi connectivity index (χ0) is 32.5. The zero-order valence-electron chi connectivity index (χ0n) is 25.9. The average molecular weight is 625 g/mol. The molecule has 10 heteroatoms. The highest BCUT2D eigenvalue weighted by Crippen LogP contribution is 2.59. The number of benzene rings is 2. The van der Waals surface area contributed by atoms with E-state index in [1.54, 1.807) is 0 Å². The van der Waals surface area contributed by atoms with Gasteiger partial charge in [0.1, 0.15) is 0 Å². The predicted octanol–water partition coefficient (Wildman–Crippen LogP) is 9.05. The van der Waals surface area contributed by atoms with Crippen molar-refractivity contribution >= 4 is 5.57 Å². The summed E-state index contributed by atoms with van der Waals surface area (Å²) in [6.07, 6.45) is -4.76. The van der Waals surface area contributed by atoms with Crippen molar-refractivity contribution in [2.45, 2.75) is 89.8 Å². The van der Waals surface area contributed by atoms with Gasteiger partial charge in [-0.25, -0.2) is 4.68 Å². The lowest BCUT2D eigenvalue weighted by Gasteiger charge is -2.45. The summed E-state index contributed by atoms with van der Waals surface area (Å²) in [5.74, 6) is 0. The van der Waals surface area contributed by atoms with Gasteiger partial charge in [-0.2, -0.15) is 31.4 Å². The molecule has 45 heavy (non-hydrogen) atoms. The van der Waals surface area contributed by atoms with Crippen molar-refractivity contribution in [1.29, 1.82) is 0 Å². The summed E-state index contributed by atoms with van der Waals surface area (Å²) in [7, 11) is 0. The number of hydrogen-bond acceptors (Lipinski definition) is 2. The number of hydrogen-bond donors (Lipinski definition) is 1. The Bertz CT molecular complexity index is 1900. The van der Waals surface area contributed by atoms with E-state index in [0.29, 0.717) is 6.54 Å². The van der Waals surface area contributed by atoms with Gasteiger partial charge in [0.15, 0.2) is 0 Å². The first-order valence-electron chi connectivity index (χ1n) is 15.1. The Hall–Kier alpha value is -3.79. The molecule has 0 saturated carbocycles. The standard InChI is InChI=1S/C35H34F6N4/c1-7-19-9-8-10-22-26-16-31(2,3)29-24(13-14-42-29)33(26,6)30-23-18-44(32(4,5)28(23)43-45(30)27(19)22)17-20-11-12-21(34(36,37)38)15-25(20)35(39,40)41/h8-16,42H,7,17-18H2,1-6H3. The van der Waals surface area contributed by atoms with Crippen LogP contribution in [-0.4, -0.2) is 19.7 Å². The summed E-state index contributed by atoms with van der Waals surface area (Å²) in [4.78, 5) is 5.36. The summed E-state index contributed by atoms with van der Waals surface area (Å²) in [6, 6.07) is 10.4. The summed E-state index contributed by atoms with van der Waals surface area (Å²) in [6.45, 7) is 12.6. The highest BCUT2D eigenvalue weighted by molar-refractivity contribution is 5.89. The van der Waals surface area contributed by atoms with E-state index in [1.807, 2.05) is 24.9 Å². The van der Waals surface area contributed by atoms with Crippen LogP contribution in [0.5, 0.6) is 0 Å². The second-order valence-corrected chi connectivity index (χ2v) is 13.7. The number of allylic oxidation sites excluding steroid dienone is 2. The molecule has 0 radical (unpaired) electrons. The third kappa shape index (κ3) is 4.06. The number of aromatic amines is 1. The van der Waals surface area contributed by atoms with Crippen LogP contribution in [0.25, 0.3) is 11.3 Å². The van der Waals surface area contributed by atoms with E-state index in [4.69, 9.17) is 5.10 Å². The molecule has 0 spiro atoms. The lowest BCUT2D eigenvalue weighted by atomic mass is 9.60. The molecule has 7 rings (SSSR count). The van der Waals surface area contributed by atoms with Crippen molar-refractivity contribution in [3.05, 3.63) is 111 Å². The van der Waals surface area contributed by atoms with Crippen molar-refractivity contribution < 1.29 is 26.3 Å². The number of rotatable bonds is 3. The van der Waals surface area contributed by atoms with Crippen LogP contribution in [0.2, 0.25) is 0 Å². The molecule has 4 aromatic rings. The minimum Gasteiger partial charge on any atom is -0.364 e. The Labute approximate surface area is 257 Å². The number of halogens is 6. The summed E-state index contributed by atoms with van der Waals surface area (Å²) in [5, 5.41) is 5.24. The minimum absolute atomic E-state index is 0.186. The van der Waals surface area contributed by atoms with Crippen molar-refractivity contribution in [2.24, 2.45) is 0 Å². The Morgan fingerprint density at radius 2 is 1.64 bits per heavy atom. The second-order valence-electron chi connectivity index (χ2n) is 13.7. The highest BCUT2D eigenvalue weighted by atomic mass is 19.4. The number of alkyl halides is 6. The largest absolute Gasteiger partial charge is 0.416 e. The maximum atomic E-state index is 14.1. The minimum atomic E-state index is -4.94. The summed E-state index contributed by atoms with van der Waals surface area (Å²) in [5.41, 5.74) is 4.87. The van der Waals surface area contributed by atoms with E-state index in [9.17, 15) is 26.3 Å². The van der Waals surface area contributed by atoms with Gasteiger partial charge in [0.05, 0.1) is 39.2 Å². The van der Waals surface area contributed by atoms with Crippen molar-refractivity contribution in [2.75, 3.05) is 0 Å². The molecule has 1 atom stereocenters. The van der Waals surface area contributed by atoms with Crippen LogP contribution < -0.4 is 0 Å². The number of para-hydroxylation sites is 1. The van der Waals surface area contributed by atoms with Gasteiger partial charge in [-0.05, 0) is 67.7 Å². The molecule has 0 amide bonds. The monoisotopic (exact) mass is 624 g/mol. The lowest BCUT2D eigenvalue weighted by Crippen LogP contribution is -2.41. The molecule has 4 heterocycles. The second kappa shape index (κ2) is 9.15. The van der Waals surface area contributed by atoms with Gasteiger partial charge < -0.3 is 4.98 Å². The Morgan fingerprint density at radius 3 is 2.31 bits per heavy atom. The molecule has 2 aliphatic heterocycles. The van der Waals surface area contributed by atoms with E-state index in [1.165, 1.54) is 5.57 Å². The average Bonchev–Trinajstić information content (AvgIpc) is 3.65. The first kappa shape index (κ1) is 29.9. The van der Waals surface area contributed by atoms with Gasteiger partial charge in [0.2, 0.25) is 0 Å². The van der Waals surface area contributed by atoms with E-state index in [0.717, 1.165) is 63.6 Å². The number of H-pyrrole nitrogens is 1. The van der Waals surface area contributed by atoms with Gasteiger partial charge >= 0.3 is 12.4 Å². The van der Waals surface area contributed by atoms with Crippen LogP contribution in [-0.2, 0) is 48.2 Å². The summed E-state index contributed by atoms with van der Waals surface area (Å²) < 4.78 is 84.6.